The van der Waals surface area contributed by atoms with Crippen LogP contribution < -0.4 is 5.32 Å². The molecule has 0 fully saturated rings. The molecule has 0 amide bonds. The molecular formula is C11H23NO. The van der Waals surface area contributed by atoms with E-state index >= 15 is 0 Å². The maximum atomic E-state index is 9.09. The standard InChI is InChI=1S/C11H23NO/c1-5-6-7-10(4)12-11(8-13)9(2)3/h5,9-13H,1,6-8H2,2-4H3. The molecule has 78 valence electrons. The van der Waals surface area contributed by atoms with E-state index in [0.29, 0.717) is 12.0 Å². The van der Waals surface area contributed by atoms with Gasteiger partial charge in [-0.1, -0.05) is 19.9 Å². The van der Waals surface area contributed by atoms with E-state index in [1.165, 1.54) is 0 Å². The van der Waals surface area contributed by atoms with E-state index in [1.54, 1.807) is 0 Å². The van der Waals surface area contributed by atoms with Gasteiger partial charge < -0.3 is 10.4 Å². The molecule has 0 saturated heterocycles. The second-order valence-electron chi connectivity index (χ2n) is 3.97. The monoisotopic (exact) mass is 185 g/mol. The Morgan fingerprint density at radius 3 is 2.38 bits per heavy atom. The minimum atomic E-state index is 0.218. The lowest BCUT2D eigenvalue weighted by Crippen LogP contribution is -2.42. The second-order valence-corrected chi connectivity index (χ2v) is 3.97. The van der Waals surface area contributed by atoms with Crippen molar-refractivity contribution in [1.29, 1.82) is 0 Å². The summed E-state index contributed by atoms with van der Waals surface area (Å²) >= 11 is 0. The fraction of sp³-hybridized carbons (Fsp3) is 0.818. The Morgan fingerprint density at radius 2 is 2.00 bits per heavy atom. The summed E-state index contributed by atoms with van der Waals surface area (Å²) < 4.78 is 0. The lowest BCUT2D eigenvalue weighted by molar-refractivity contribution is 0.199. The molecule has 0 bridgehead atoms. The third-order valence-electron chi connectivity index (χ3n) is 2.30. The molecule has 2 unspecified atom stereocenters. The molecule has 0 aliphatic rings. The second kappa shape index (κ2) is 7.10. The van der Waals surface area contributed by atoms with Crippen LogP contribution in [0.25, 0.3) is 0 Å². The summed E-state index contributed by atoms with van der Waals surface area (Å²) in [7, 11) is 0. The van der Waals surface area contributed by atoms with Crippen molar-refractivity contribution in [3.05, 3.63) is 12.7 Å². The smallest absolute Gasteiger partial charge is 0.0587 e. The molecule has 2 N–H and O–H groups in total. The highest BCUT2D eigenvalue weighted by atomic mass is 16.3. The van der Waals surface area contributed by atoms with Crippen LogP contribution in [-0.4, -0.2) is 23.8 Å². The summed E-state index contributed by atoms with van der Waals surface area (Å²) in [5.74, 6) is 0.483. The Kier molecular flexibility index (Phi) is 6.92. The zero-order chi connectivity index (χ0) is 10.3. The Morgan fingerprint density at radius 1 is 1.38 bits per heavy atom. The van der Waals surface area contributed by atoms with Gasteiger partial charge in [0.05, 0.1) is 6.61 Å². The Bertz CT molecular complexity index is 134. The molecule has 2 heteroatoms. The lowest BCUT2D eigenvalue weighted by atomic mass is 10.0. The molecule has 0 aromatic rings. The van der Waals surface area contributed by atoms with Gasteiger partial charge in [0.2, 0.25) is 0 Å². The van der Waals surface area contributed by atoms with Gasteiger partial charge in [-0.2, -0.15) is 0 Å². The topological polar surface area (TPSA) is 32.3 Å². The zero-order valence-electron chi connectivity index (χ0n) is 9.09. The summed E-state index contributed by atoms with van der Waals surface area (Å²) in [5.41, 5.74) is 0. The molecule has 2 nitrogen and oxygen atoms in total. The highest BCUT2D eigenvalue weighted by molar-refractivity contribution is 4.76. The molecule has 0 rings (SSSR count). The number of hydrogen-bond donors (Lipinski definition) is 2. The SMILES string of the molecule is C=CCCC(C)NC(CO)C(C)C. The minimum Gasteiger partial charge on any atom is -0.395 e. The lowest BCUT2D eigenvalue weighted by Gasteiger charge is -2.24. The fourth-order valence-corrected chi connectivity index (χ4v) is 1.27. The van der Waals surface area contributed by atoms with Crippen LogP contribution >= 0.6 is 0 Å². The van der Waals surface area contributed by atoms with Crippen LogP contribution in [0.1, 0.15) is 33.6 Å². The third kappa shape index (κ3) is 5.83. The normalized spacial score (nSPS) is 15.8. The number of rotatable bonds is 7. The van der Waals surface area contributed by atoms with Crippen LogP contribution in [0, 0.1) is 5.92 Å². The van der Waals surface area contributed by atoms with Crippen LogP contribution in [-0.2, 0) is 0 Å². The van der Waals surface area contributed by atoms with Gasteiger partial charge in [0.15, 0.2) is 0 Å². The predicted octanol–water partition coefficient (Wildman–Crippen LogP) is 1.95. The molecule has 0 aromatic heterocycles. The van der Waals surface area contributed by atoms with Crippen molar-refractivity contribution >= 4 is 0 Å². The van der Waals surface area contributed by atoms with Gasteiger partial charge in [-0.3, -0.25) is 0 Å². The van der Waals surface area contributed by atoms with Crippen LogP contribution in [0.15, 0.2) is 12.7 Å². The average molecular weight is 185 g/mol. The van der Waals surface area contributed by atoms with Crippen LogP contribution in [0.5, 0.6) is 0 Å². The van der Waals surface area contributed by atoms with Crippen molar-refractivity contribution in [3.63, 3.8) is 0 Å². The van der Waals surface area contributed by atoms with E-state index in [0.717, 1.165) is 12.8 Å². The Hall–Kier alpha value is -0.340. The maximum Gasteiger partial charge on any atom is 0.0587 e. The van der Waals surface area contributed by atoms with Gasteiger partial charge in [0, 0.05) is 12.1 Å². The van der Waals surface area contributed by atoms with Crippen molar-refractivity contribution < 1.29 is 5.11 Å². The molecule has 0 aliphatic carbocycles. The van der Waals surface area contributed by atoms with Crippen molar-refractivity contribution in [1.82, 2.24) is 5.32 Å². The molecule has 0 spiro atoms. The number of aliphatic hydroxyl groups is 1. The molecular weight excluding hydrogens is 162 g/mol. The fourth-order valence-electron chi connectivity index (χ4n) is 1.27. The van der Waals surface area contributed by atoms with Crippen LogP contribution in [0.3, 0.4) is 0 Å². The van der Waals surface area contributed by atoms with Gasteiger partial charge >= 0.3 is 0 Å². The van der Waals surface area contributed by atoms with Crippen LogP contribution in [0.2, 0.25) is 0 Å². The number of allylic oxidation sites excluding steroid dienone is 1. The van der Waals surface area contributed by atoms with E-state index in [2.05, 4.69) is 32.7 Å². The highest BCUT2D eigenvalue weighted by Gasteiger charge is 2.13. The molecule has 0 heterocycles. The van der Waals surface area contributed by atoms with Gasteiger partial charge in [-0.15, -0.1) is 6.58 Å². The highest BCUT2D eigenvalue weighted by Crippen LogP contribution is 2.04. The minimum absolute atomic E-state index is 0.218. The summed E-state index contributed by atoms with van der Waals surface area (Å²) in [6.45, 7) is 10.3. The molecule has 13 heavy (non-hydrogen) atoms. The zero-order valence-corrected chi connectivity index (χ0v) is 9.09. The summed E-state index contributed by atoms with van der Waals surface area (Å²) in [6.07, 6.45) is 4.05. The van der Waals surface area contributed by atoms with E-state index in [4.69, 9.17) is 5.11 Å². The number of aliphatic hydroxyl groups excluding tert-OH is 1. The summed E-state index contributed by atoms with van der Waals surface area (Å²) in [6, 6.07) is 0.678. The van der Waals surface area contributed by atoms with Gasteiger partial charge in [-0.25, -0.2) is 0 Å². The largest absolute Gasteiger partial charge is 0.395 e. The number of hydrogen-bond acceptors (Lipinski definition) is 2. The van der Waals surface area contributed by atoms with E-state index in [1.807, 2.05) is 6.08 Å². The molecule has 0 saturated carbocycles. The molecule has 2 atom stereocenters. The van der Waals surface area contributed by atoms with E-state index in [-0.39, 0.29) is 12.6 Å². The first-order valence-electron chi connectivity index (χ1n) is 5.09. The summed E-state index contributed by atoms with van der Waals surface area (Å²) in [5, 5.41) is 12.5. The maximum absolute atomic E-state index is 9.09. The molecule has 0 aliphatic heterocycles. The first-order valence-corrected chi connectivity index (χ1v) is 5.09. The van der Waals surface area contributed by atoms with Crippen molar-refractivity contribution in [3.8, 4) is 0 Å². The first-order chi connectivity index (χ1) is 6.11. The third-order valence-corrected chi connectivity index (χ3v) is 2.30. The Balaban J connectivity index is 3.72. The van der Waals surface area contributed by atoms with E-state index < -0.39 is 0 Å². The number of nitrogens with one attached hydrogen (secondary N) is 1. The quantitative estimate of drug-likeness (QED) is 0.594. The predicted molar refractivity (Wildman–Crippen MR) is 57.7 cm³/mol. The molecule has 0 radical (unpaired) electrons. The Labute approximate surface area is 82.0 Å². The van der Waals surface area contributed by atoms with Gasteiger partial charge in [-0.05, 0) is 25.7 Å². The first kappa shape index (κ1) is 12.7. The van der Waals surface area contributed by atoms with Crippen molar-refractivity contribution in [2.75, 3.05) is 6.61 Å². The van der Waals surface area contributed by atoms with Crippen molar-refractivity contribution in [2.24, 2.45) is 5.92 Å². The van der Waals surface area contributed by atoms with Crippen molar-refractivity contribution in [2.45, 2.75) is 45.7 Å². The van der Waals surface area contributed by atoms with E-state index in [9.17, 15) is 0 Å². The van der Waals surface area contributed by atoms with Gasteiger partial charge in [0.1, 0.15) is 0 Å². The molecule has 0 aromatic carbocycles. The van der Waals surface area contributed by atoms with Gasteiger partial charge in [0.25, 0.3) is 0 Å². The average Bonchev–Trinajstić information content (AvgIpc) is 2.10. The van der Waals surface area contributed by atoms with Crippen LogP contribution in [0.4, 0.5) is 0 Å². The summed E-state index contributed by atoms with van der Waals surface area (Å²) in [4.78, 5) is 0.